The molecule has 122 valence electrons. The van der Waals surface area contributed by atoms with E-state index in [2.05, 4.69) is 47.1 Å². The maximum atomic E-state index is 12.4. The van der Waals surface area contributed by atoms with Crippen LogP contribution in [-0.2, 0) is 16.1 Å². The van der Waals surface area contributed by atoms with E-state index in [1.165, 1.54) is 5.56 Å². The number of hydrogen-bond donors (Lipinski definition) is 0. The summed E-state index contributed by atoms with van der Waals surface area (Å²) in [6, 6.07) is 11.3. The molecule has 0 radical (unpaired) electrons. The Bertz CT molecular complexity index is 573. The van der Waals surface area contributed by atoms with Crippen molar-refractivity contribution in [3.05, 3.63) is 35.9 Å². The summed E-state index contributed by atoms with van der Waals surface area (Å²) in [5.41, 5.74) is 1.34. The quantitative estimate of drug-likeness (QED) is 0.801. The SMILES string of the molecule is CCC#CCC(=O)C1CC2COCC(C1)N2Cc1ccccc1. The highest BCUT2D eigenvalue weighted by Gasteiger charge is 2.40. The molecule has 0 spiro atoms. The Balaban J connectivity index is 1.65. The molecule has 23 heavy (non-hydrogen) atoms. The van der Waals surface area contributed by atoms with Crippen LogP contribution >= 0.6 is 0 Å². The third-order valence-electron chi connectivity index (χ3n) is 4.90. The monoisotopic (exact) mass is 311 g/mol. The molecule has 3 nitrogen and oxygen atoms in total. The number of hydrogen-bond acceptors (Lipinski definition) is 3. The fourth-order valence-corrected chi connectivity index (χ4v) is 3.72. The summed E-state index contributed by atoms with van der Waals surface area (Å²) < 4.78 is 5.75. The van der Waals surface area contributed by atoms with Gasteiger partial charge in [-0.1, -0.05) is 43.2 Å². The molecule has 0 amide bonds. The Morgan fingerprint density at radius 2 is 1.87 bits per heavy atom. The van der Waals surface area contributed by atoms with Gasteiger partial charge in [-0.2, -0.15) is 0 Å². The summed E-state index contributed by atoms with van der Waals surface area (Å²) in [6.07, 6.45) is 3.06. The van der Waals surface area contributed by atoms with E-state index in [1.807, 2.05) is 6.92 Å². The van der Waals surface area contributed by atoms with Gasteiger partial charge in [-0.3, -0.25) is 9.69 Å². The van der Waals surface area contributed by atoms with Crippen molar-refractivity contribution < 1.29 is 9.53 Å². The van der Waals surface area contributed by atoms with Gasteiger partial charge in [-0.25, -0.2) is 0 Å². The Morgan fingerprint density at radius 3 is 2.52 bits per heavy atom. The molecular weight excluding hydrogens is 286 g/mol. The molecule has 2 unspecified atom stereocenters. The van der Waals surface area contributed by atoms with Gasteiger partial charge >= 0.3 is 0 Å². The number of rotatable bonds is 4. The molecule has 1 aromatic rings. The highest BCUT2D eigenvalue weighted by molar-refractivity contribution is 5.83. The lowest BCUT2D eigenvalue weighted by molar-refractivity contribution is -0.132. The number of carbonyl (C=O) groups excluding carboxylic acids is 1. The van der Waals surface area contributed by atoms with E-state index in [0.29, 0.717) is 24.3 Å². The zero-order chi connectivity index (χ0) is 16.1. The maximum absolute atomic E-state index is 12.4. The lowest BCUT2D eigenvalue weighted by Crippen LogP contribution is -2.57. The number of ether oxygens (including phenoxy) is 1. The predicted molar refractivity (Wildman–Crippen MR) is 90.8 cm³/mol. The van der Waals surface area contributed by atoms with E-state index >= 15 is 0 Å². The largest absolute Gasteiger partial charge is 0.378 e. The zero-order valence-corrected chi connectivity index (χ0v) is 13.8. The van der Waals surface area contributed by atoms with Gasteiger partial charge in [0.2, 0.25) is 0 Å². The molecular formula is C20H25NO2. The molecule has 0 saturated carbocycles. The highest BCUT2D eigenvalue weighted by atomic mass is 16.5. The number of Topliss-reactive ketones (excluding diaryl/α,β-unsaturated/α-hetero) is 1. The molecule has 2 atom stereocenters. The van der Waals surface area contributed by atoms with E-state index < -0.39 is 0 Å². The Morgan fingerprint density at radius 1 is 1.17 bits per heavy atom. The minimum atomic E-state index is 0.159. The van der Waals surface area contributed by atoms with Crippen LogP contribution in [0.15, 0.2) is 30.3 Å². The first-order chi connectivity index (χ1) is 11.3. The lowest BCUT2D eigenvalue weighted by atomic mass is 9.81. The third kappa shape index (κ3) is 4.02. The van der Waals surface area contributed by atoms with Gasteiger partial charge in [0.05, 0.1) is 19.6 Å². The van der Waals surface area contributed by atoms with Crippen molar-refractivity contribution in [3.8, 4) is 11.8 Å². The van der Waals surface area contributed by atoms with Gasteiger partial charge in [0.1, 0.15) is 5.78 Å². The first-order valence-corrected chi connectivity index (χ1v) is 8.63. The number of fused-ring (bicyclic) bond motifs is 2. The molecule has 1 aromatic carbocycles. The molecule has 3 rings (SSSR count). The van der Waals surface area contributed by atoms with E-state index in [4.69, 9.17) is 4.74 Å². The molecule has 2 saturated heterocycles. The normalized spacial score (nSPS) is 27.1. The molecule has 0 N–H and O–H groups in total. The molecule has 2 bridgehead atoms. The topological polar surface area (TPSA) is 29.5 Å². The van der Waals surface area contributed by atoms with Crippen molar-refractivity contribution in [3.63, 3.8) is 0 Å². The van der Waals surface area contributed by atoms with Crippen LogP contribution in [0.2, 0.25) is 0 Å². The van der Waals surface area contributed by atoms with Crippen LogP contribution in [0, 0.1) is 17.8 Å². The fraction of sp³-hybridized carbons (Fsp3) is 0.550. The van der Waals surface area contributed by atoms with Gasteiger partial charge in [0, 0.05) is 31.0 Å². The number of carbonyl (C=O) groups is 1. The molecule has 0 aromatic heterocycles. The number of morpholine rings is 1. The second-order valence-electron chi connectivity index (χ2n) is 6.52. The summed E-state index contributed by atoms with van der Waals surface area (Å²) >= 11 is 0. The summed E-state index contributed by atoms with van der Waals surface area (Å²) in [5.74, 6) is 6.49. The van der Waals surface area contributed by atoms with Gasteiger partial charge < -0.3 is 4.74 Å². The zero-order valence-electron chi connectivity index (χ0n) is 13.8. The van der Waals surface area contributed by atoms with Crippen molar-refractivity contribution >= 4 is 5.78 Å². The Labute approximate surface area is 139 Å². The lowest BCUT2D eigenvalue weighted by Gasteiger charge is -2.48. The second kappa shape index (κ2) is 7.77. The predicted octanol–water partition coefficient (Wildman–Crippen LogP) is 3.04. The van der Waals surface area contributed by atoms with Crippen LogP contribution in [0.25, 0.3) is 0 Å². The summed E-state index contributed by atoms with van der Waals surface area (Å²) in [7, 11) is 0. The standard InChI is InChI=1S/C20H25NO2/c1-2-3-5-10-20(22)17-11-18-14-23-15-19(12-17)21(18)13-16-8-6-4-7-9-16/h4,6-9,17-19H,2,10-15H2,1H3. The van der Waals surface area contributed by atoms with Crippen LogP contribution in [0.1, 0.15) is 38.2 Å². The van der Waals surface area contributed by atoms with Crippen LogP contribution in [-0.4, -0.2) is 36.0 Å². The molecule has 0 aliphatic carbocycles. The summed E-state index contributed by atoms with van der Waals surface area (Å²) in [4.78, 5) is 14.9. The second-order valence-corrected chi connectivity index (χ2v) is 6.52. The van der Waals surface area contributed by atoms with Gasteiger partial charge in [0.25, 0.3) is 0 Å². The van der Waals surface area contributed by atoms with Crippen LogP contribution in [0.3, 0.4) is 0 Å². The fourth-order valence-electron chi connectivity index (χ4n) is 3.72. The van der Waals surface area contributed by atoms with Gasteiger partial charge in [-0.15, -0.1) is 5.92 Å². The Hall–Kier alpha value is -1.63. The number of benzene rings is 1. The molecule has 2 aliphatic rings. The molecule has 2 heterocycles. The van der Waals surface area contributed by atoms with Gasteiger partial charge in [-0.05, 0) is 18.4 Å². The Kier molecular flexibility index (Phi) is 5.48. The number of piperidine rings is 1. The van der Waals surface area contributed by atoms with Crippen molar-refractivity contribution in [1.82, 2.24) is 4.90 Å². The number of nitrogens with zero attached hydrogens (tertiary/aromatic N) is 1. The smallest absolute Gasteiger partial charge is 0.147 e. The van der Waals surface area contributed by atoms with Crippen molar-refractivity contribution in [2.75, 3.05) is 13.2 Å². The molecule has 3 heteroatoms. The average Bonchev–Trinajstić information content (AvgIpc) is 2.55. The van der Waals surface area contributed by atoms with E-state index in [9.17, 15) is 4.79 Å². The van der Waals surface area contributed by atoms with Crippen molar-refractivity contribution in [2.45, 2.75) is 51.2 Å². The van der Waals surface area contributed by atoms with Crippen LogP contribution in [0.4, 0.5) is 0 Å². The molecule has 2 aliphatic heterocycles. The summed E-state index contributed by atoms with van der Waals surface area (Å²) in [5, 5.41) is 0. The summed E-state index contributed by atoms with van der Waals surface area (Å²) in [6.45, 7) is 4.46. The van der Waals surface area contributed by atoms with Gasteiger partial charge in [0.15, 0.2) is 0 Å². The average molecular weight is 311 g/mol. The third-order valence-corrected chi connectivity index (χ3v) is 4.90. The van der Waals surface area contributed by atoms with Crippen LogP contribution < -0.4 is 0 Å². The maximum Gasteiger partial charge on any atom is 0.147 e. The first-order valence-electron chi connectivity index (χ1n) is 8.63. The van der Waals surface area contributed by atoms with Crippen LogP contribution in [0.5, 0.6) is 0 Å². The van der Waals surface area contributed by atoms with E-state index in [0.717, 1.165) is 39.0 Å². The number of ketones is 1. The van der Waals surface area contributed by atoms with Crippen molar-refractivity contribution in [1.29, 1.82) is 0 Å². The minimum Gasteiger partial charge on any atom is -0.378 e. The van der Waals surface area contributed by atoms with E-state index in [-0.39, 0.29) is 5.92 Å². The first kappa shape index (κ1) is 16.2. The minimum absolute atomic E-state index is 0.159. The van der Waals surface area contributed by atoms with E-state index in [1.54, 1.807) is 0 Å². The van der Waals surface area contributed by atoms with Crippen molar-refractivity contribution in [2.24, 2.45) is 5.92 Å². The highest BCUT2D eigenvalue weighted by Crippen LogP contribution is 2.33. The molecule has 2 fully saturated rings.